The number of benzene rings is 7. The van der Waals surface area contributed by atoms with E-state index in [4.69, 9.17) is 26.6 Å². The molecule has 0 saturated heterocycles. The van der Waals surface area contributed by atoms with Gasteiger partial charge in [-0.15, -0.1) is 0 Å². The third kappa shape index (κ3) is 15.1. The molecule has 0 saturated carbocycles. The fourth-order valence-electron chi connectivity index (χ4n) is 7.15. The Hall–Kier alpha value is -8.87. The van der Waals surface area contributed by atoms with Crippen molar-refractivity contribution < 1.29 is 56.1 Å². The minimum Gasteiger partial charge on any atom is -0.369 e. The van der Waals surface area contributed by atoms with Crippen molar-refractivity contribution in [2.75, 3.05) is 0 Å². The third-order valence-electron chi connectivity index (χ3n) is 11.0. The Morgan fingerprint density at radius 3 is 0.693 bits per heavy atom. The molecule has 0 atom stereocenters. The van der Waals surface area contributed by atoms with Gasteiger partial charge in [0.1, 0.15) is 0 Å². The topological polar surface area (TPSA) is 314 Å². The lowest BCUT2D eigenvalue weighted by Crippen LogP contribution is -2.56. The minimum absolute atomic E-state index is 0.152. The molecule has 386 valence electrons. The van der Waals surface area contributed by atoms with Gasteiger partial charge in [0.15, 0.2) is 0 Å². The van der Waals surface area contributed by atoms with Gasteiger partial charge >= 0.3 is 17.6 Å². The molecule has 7 aromatic carbocycles. The van der Waals surface area contributed by atoms with E-state index in [0.29, 0.717) is 5.19 Å². The van der Waals surface area contributed by atoms with Crippen LogP contribution in [0.4, 0.5) is 34.1 Å². The number of hydrogen-bond acceptors (Lipinski definition) is 18. The molecule has 0 spiro atoms. The molecule has 0 aliphatic heterocycles. The summed E-state index contributed by atoms with van der Waals surface area (Å²) in [6, 6.07) is 44.6. The first-order valence-electron chi connectivity index (χ1n) is 22.2. The Kier molecular flexibility index (Phi) is 19.4. The van der Waals surface area contributed by atoms with Gasteiger partial charge in [-0.25, -0.2) is 0 Å². The van der Waals surface area contributed by atoms with Gasteiger partial charge in [0.25, 0.3) is 34.1 Å². The van der Waals surface area contributed by atoms with Crippen LogP contribution in [0.1, 0.15) is 33.4 Å². The molecule has 0 aliphatic rings. The normalized spacial score (nSPS) is 11.2. The molecule has 75 heavy (non-hydrogen) atoms. The van der Waals surface area contributed by atoms with E-state index >= 15 is 0 Å². The summed E-state index contributed by atoms with van der Waals surface area (Å²) < 4.78 is 36.6. The largest absolute Gasteiger partial charge is 0.538 e. The Balaban J connectivity index is 0.000000246. The zero-order valence-corrected chi connectivity index (χ0v) is 41.5. The number of para-hydroxylation sites is 6. The van der Waals surface area contributed by atoms with Crippen molar-refractivity contribution in [1.82, 2.24) is 0 Å². The molecule has 0 radical (unpaired) electrons. The lowest BCUT2D eigenvalue weighted by molar-refractivity contribution is -0.386. The van der Waals surface area contributed by atoms with Gasteiger partial charge in [-0.1, -0.05) is 103 Å². The molecule has 26 heteroatoms. The van der Waals surface area contributed by atoms with Crippen LogP contribution >= 0.6 is 0 Å². The second-order valence-electron chi connectivity index (χ2n) is 15.8. The highest BCUT2D eigenvalue weighted by Gasteiger charge is 2.46. The maximum atomic E-state index is 11.6. The first-order valence-corrected chi connectivity index (χ1v) is 26.2. The molecule has 0 aromatic heterocycles. The highest BCUT2D eigenvalue weighted by Crippen LogP contribution is 2.29. The average Bonchev–Trinajstić information content (AvgIpc) is 3.42. The second-order valence-corrected chi connectivity index (χ2v) is 21.0. The van der Waals surface area contributed by atoms with E-state index in [9.17, 15) is 60.7 Å². The van der Waals surface area contributed by atoms with E-state index in [1.807, 2.05) is 0 Å². The second kappa shape index (κ2) is 26.2. The van der Waals surface area contributed by atoms with Crippen LogP contribution in [0.25, 0.3) is 0 Å². The number of rotatable bonds is 25. The summed E-state index contributed by atoms with van der Waals surface area (Å²) >= 11 is 0. The van der Waals surface area contributed by atoms with E-state index in [1.54, 1.807) is 66.7 Å². The van der Waals surface area contributed by atoms with Crippen LogP contribution in [0.15, 0.2) is 176 Å². The van der Waals surface area contributed by atoms with Crippen molar-refractivity contribution in [3.05, 3.63) is 270 Å². The van der Waals surface area contributed by atoms with Gasteiger partial charge in [0.2, 0.25) is 0 Å². The smallest absolute Gasteiger partial charge is 0.369 e. The first-order chi connectivity index (χ1) is 36.0. The molecule has 0 fully saturated rings. The quantitative estimate of drug-likeness (QED) is 0.0292. The van der Waals surface area contributed by atoms with Crippen LogP contribution in [-0.2, 0) is 66.2 Å². The number of nitrogens with zero attached hydrogens (tertiary/aromatic N) is 6. The van der Waals surface area contributed by atoms with Gasteiger partial charge in [0.05, 0.1) is 103 Å². The molecular weight excluding hydrogens is 1020 g/mol. The summed E-state index contributed by atoms with van der Waals surface area (Å²) in [6.45, 7) is -0.0235. The Bertz CT molecular complexity index is 2870. The standard InChI is InChI=1S/C27H23N3O9Si.C22H21N3O9Si/c31-28(32)25-15-7-4-10-21(25)18-37-40(24-13-2-1-3-14-24,38-19-22-11-5-8-16-26(22)29(33)34)39-20-23-12-6-9-17-27(23)30(35)36;1-35(32-14-17-8-2-5-11-20(17)23(26)27,33-15-18-9-3-6-12-21(18)24(28)29)34-16-19-10-4-7-13-22(19)25(30)31/h1-17H,18-20H2;2-13H,14-16H2,1H3. The van der Waals surface area contributed by atoms with Crippen LogP contribution in [0.2, 0.25) is 6.55 Å². The molecule has 0 aliphatic carbocycles. The van der Waals surface area contributed by atoms with Gasteiger partial charge in [-0.2, -0.15) is 0 Å². The van der Waals surface area contributed by atoms with Crippen molar-refractivity contribution in [3.8, 4) is 0 Å². The number of hydrogen-bond donors (Lipinski definition) is 0. The van der Waals surface area contributed by atoms with Crippen LogP contribution in [0.5, 0.6) is 0 Å². The van der Waals surface area contributed by atoms with Crippen LogP contribution in [0.3, 0.4) is 0 Å². The highest BCUT2D eigenvalue weighted by atomic mass is 28.4. The zero-order chi connectivity index (χ0) is 54.0. The lowest BCUT2D eigenvalue weighted by Gasteiger charge is -2.30. The fraction of sp³-hybridized carbons (Fsp3) is 0.143. The Labute approximate surface area is 427 Å². The van der Waals surface area contributed by atoms with E-state index in [2.05, 4.69) is 0 Å². The highest BCUT2D eigenvalue weighted by molar-refractivity contribution is 6.75. The van der Waals surface area contributed by atoms with Crippen molar-refractivity contribution >= 4 is 56.9 Å². The molecule has 0 heterocycles. The Morgan fingerprint density at radius 1 is 0.293 bits per heavy atom. The monoisotopic (exact) mass is 1060 g/mol. The van der Waals surface area contributed by atoms with Crippen LogP contribution < -0.4 is 5.19 Å². The molecule has 0 unspecified atom stereocenters. The molecular formula is C49H44N6O18Si2. The third-order valence-corrected chi connectivity index (χ3v) is 15.6. The van der Waals surface area contributed by atoms with E-state index < -0.39 is 47.1 Å². The average molecular weight is 1060 g/mol. The molecule has 0 amide bonds. The minimum atomic E-state index is -4.06. The Morgan fingerprint density at radius 2 is 0.480 bits per heavy atom. The first kappa shape index (κ1) is 55.4. The lowest BCUT2D eigenvalue weighted by atomic mass is 10.2. The predicted octanol–water partition coefficient (Wildman–Crippen LogP) is 10.1. The summed E-state index contributed by atoms with van der Waals surface area (Å²) in [6.07, 6.45) is 0. The van der Waals surface area contributed by atoms with Gasteiger partial charge < -0.3 is 26.6 Å². The van der Waals surface area contributed by atoms with E-state index in [-0.39, 0.29) is 107 Å². The summed E-state index contributed by atoms with van der Waals surface area (Å²) in [4.78, 5) is 65.6. The maximum Gasteiger partial charge on any atom is 0.538 e. The number of nitro benzene ring substituents is 6. The molecule has 7 aromatic rings. The predicted molar refractivity (Wildman–Crippen MR) is 271 cm³/mol. The SMILES string of the molecule is C[Si](OCc1ccccc1[N+](=O)[O-])(OCc1ccccc1[N+](=O)[O-])OCc1ccccc1[N+](=O)[O-].O=[N+]([O-])c1ccccc1CO[Si](OCc1ccccc1[N+](=O)[O-])(OCc1ccccc1[N+](=O)[O-])c1ccccc1. The van der Waals surface area contributed by atoms with Gasteiger partial charge in [-0.3, -0.25) is 60.7 Å². The van der Waals surface area contributed by atoms with Crippen molar-refractivity contribution in [2.24, 2.45) is 0 Å². The maximum absolute atomic E-state index is 11.6. The van der Waals surface area contributed by atoms with E-state index in [0.717, 1.165) is 0 Å². The van der Waals surface area contributed by atoms with E-state index in [1.165, 1.54) is 116 Å². The zero-order valence-electron chi connectivity index (χ0n) is 39.5. The van der Waals surface area contributed by atoms with Gasteiger partial charge in [-0.05, 0) is 36.4 Å². The summed E-state index contributed by atoms with van der Waals surface area (Å²) in [5.74, 6) is 0. The summed E-state index contributed by atoms with van der Waals surface area (Å²) in [7, 11) is -7.70. The molecule has 24 nitrogen and oxygen atoms in total. The van der Waals surface area contributed by atoms with Crippen LogP contribution in [-0.4, -0.2) is 47.1 Å². The fourth-order valence-corrected chi connectivity index (χ4v) is 11.0. The molecule has 7 rings (SSSR count). The number of nitro groups is 6. The molecule has 0 N–H and O–H groups in total. The van der Waals surface area contributed by atoms with Crippen LogP contribution in [0, 0.1) is 60.7 Å². The van der Waals surface area contributed by atoms with Gasteiger partial charge in [0, 0.05) is 48.1 Å². The summed E-state index contributed by atoms with van der Waals surface area (Å²) in [5.41, 5.74) is 0.627. The van der Waals surface area contributed by atoms with Crippen molar-refractivity contribution in [3.63, 3.8) is 0 Å². The van der Waals surface area contributed by atoms with Crippen molar-refractivity contribution in [1.29, 1.82) is 0 Å². The molecule has 0 bridgehead atoms. The summed E-state index contributed by atoms with van der Waals surface area (Å²) in [5, 5.41) is 69.3. The van der Waals surface area contributed by atoms with Crippen molar-refractivity contribution in [2.45, 2.75) is 46.2 Å².